The summed E-state index contributed by atoms with van der Waals surface area (Å²) < 4.78 is 28.5. The van der Waals surface area contributed by atoms with Gasteiger partial charge in [-0.25, -0.2) is 4.98 Å². The minimum Gasteiger partial charge on any atom is -0.593 e. The predicted molar refractivity (Wildman–Crippen MR) is 102 cm³/mol. The predicted octanol–water partition coefficient (Wildman–Crippen LogP) is 1.60. The summed E-state index contributed by atoms with van der Waals surface area (Å²) in [7, 11) is -3.71. The summed E-state index contributed by atoms with van der Waals surface area (Å²) in [6.45, 7) is 1.38. The third-order valence-electron chi connectivity index (χ3n) is 5.13. The number of aromatic nitrogens is 1. The Balaban J connectivity index is 1.54. The van der Waals surface area contributed by atoms with E-state index in [9.17, 15) is 13.6 Å². The first-order valence-electron chi connectivity index (χ1n) is 9.02. The van der Waals surface area contributed by atoms with Gasteiger partial charge < -0.3 is 14.8 Å². The van der Waals surface area contributed by atoms with Crippen molar-refractivity contribution in [2.24, 2.45) is 0 Å². The zero-order valence-electron chi connectivity index (χ0n) is 14.9. The lowest BCUT2D eigenvalue weighted by atomic mass is 9.89. The Labute approximate surface area is 159 Å². The van der Waals surface area contributed by atoms with Crippen molar-refractivity contribution in [1.82, 2.24) is 14.6 Å². The fraction of sp³-hybridized carbons (Fsp3) is 0.368. The molecular formula is C19H22N4O3S. The van der Waals surface area contributed by atoms with Gasteiger partial charge in [-0.3, -0.25) is 4.79 Å². The Morgan fingerprint density at radius 1 is 1.26 bits per heavy atom. The van der Waals surface area contributed by atoms with E-state index in [-0.39, 0.29) is 10.8 Å². The maximum Gasteiger partial charge on any atom is 0.227 e. The second kappa shape index (κ2) is 7.03. The van der Waals surface area contributed by atoms with Gasteiger partial charge >= 0.3 is 0 Å². The van der Waals surface area contributed by atoms with Gasteiger partial charge in [-0.2, -0.15) is 0 Å². The van der Waals surface area contributed by atoms with Crippen LogP contribution in [-0.2, 0) is 25.8 Å². The highest BCUT2D eigenvalue weighted by atomic mass is 32.3. The van der Waals surface area contributed by atoms with Crippen molar-refractivity contribution in [2.75, 3.05) is 25.0 Å². The summed E-state index contributed by atoms with van der Waals surface area (Å²) in [5.74, 6) is 0.369. The van der Waals surface area contributed by atoms with Gasteiger partial charge in [0.25, 0.3) is 0 Å². The van der Waals surface area contributed by atoms with Gasteiger partial charge in [0.2, 0.25) is 10.8 Å². The van der Waals surface area contributed by atoms with Crippen LogP contribution in [0.4, 0.5) is 5.82 Å². The Morgan fingerprint density at radius 3 is 2.89 bits per heavy atom. The number of carbonyl (C=O) groups is 1. The molecule has 4 rings (SSSR count). The summed E-state index contributed by atoms with van der Waals surface area (Å²) in [6.07, 6.45) is 3.30. The van der Waals surface area contributed by atoms with Crippen molar-refractivity contribution < 1.29 is 13.6 Å². The van der Waals surface area contributed by atoms with Crippen LogP contribution >= 0.6 is 0 Å². The molecule has 3 heterocycles. The molecule has 1 amide bonds. The molecule has 2 unspecified atom stereocenters. The third-order valence-corrected chi connectivity index (χ3v) is 6.74. The lowest BCUT2D eigenvalue weighted by Crippen LogP contribution is -2.63. The molecule has 0 saturated carbocycles. The number of benzene rings is 1. The van der Waals surface area contributed by atoms with Crippen molar-refractivity contribution in [3.8, 4) is 0 Å². The highest BCUT2D eigenvalue weighted by molar-refractivity contribution is 7.96. The molecule has 0 aliphatic carbocycles. The van der Waals surface area contributed by atoms with Crippen LogP contribution in [0.2, 0.25) is 0 Å². The first-order valence-corrected chi connectivity index (χ1v) is 10.5. The molecule has 1 aromatic carbocycles. The minimum absolute atomic E-state index is 0.0133. The number of likely N-dealkylation sites (tertiary alicyclic amines) is 1. The average Bonchev–Trinajstić information content (AvgIpc) is 2.77. The third kappa shape index (κ3) is 3.73. The number of fused-ring (bicyclic) bond motifs is 1. The molecule has 2 aliphatic heterocycles. The Bertz CT molecular complexity index is 892. The highest BCUT2D eigenvalue weighted by Gasteiger charge is 2.46. The topological polar surface area (TPSA) is 97.4 Å². The van der Waals surface area contributed by atoms with E-state index in [4.69, 9.17) is 0 Å². The molecule has 8 heteroatoms. The number of amides is 1. The summed E-state index contributed by atoms with van der Waals surface area (Å²) in [4.78, 5) is 18.8. The van der Waals surface area contributed by atoms with Crippen molar-refractivity contribution >= 4 is 22.1 Å². The van der Waals surface area contributed by atoms with Crippen LogP contribution in [0.25, 0.3) is 0 Å². The van der Waals surface area contributed by atoms with Gasteiger partial charge in [-0.1, -0.05) is 34.5 Å². The summed E-state index contributed by atoms with van der Waals surface area (Å²) >= 11 is 0. The highest BCUT2D eigenvalue weighted by Crippen LogP contribution is 2.32. The number of hydrogen-bond donors (Lipinski definition) is 2. The van der Waals surface area contributed by atoms with Gasteiger partial charge in [0.15, 0.2) is 16.2 Å². The first-order chi connectivity index (χ1) is 13.0. The van der Waals surface area contributed by atoms with Gasteiger partial charge in [-0.05, 0) is 24.5 Å². The second-order valence-corrected chi connectivity index (χ2v) is 8.82. The van der Waals surface area contributed by atoms with Crippen molar-refractivity contribution in [3.63, 3.8) is 0 Å². The largest absolute Gasteiger partial charge is 0.593 e. The van der Waals surface area contributed by atoms with Crippen LogP contribution in [-0.4, -0.2) is 45.5 Å². The smallest absolute Gasteiger partial charge is 0.227 e. The summed E-state index contributed by atoms with van der Waals surface area (Å²) in [5, 5.41) is 3.16. The van der Waals surface area contributed by atoms with Gasteiger partial charge in [0.05, 0.1) is 12.0 Å². The molecule has 1 spiro atoms. The quantitative estimate of drug-likeness (QED) is 0.764. The molecular weight excluding hydrogens is 364 g/mol. The fourth-order valence-corrected chi connectivity index (χ4v) is 5.38. The summed E-state index contributed by atoms with van der Waals surface area (Å²) in [5.41, 5.74) is 0.225. The van der Waals surface area contributed by atoms with E-state index in [1.54, 1.807) is 17.2 Å². The lowest BCUT2D eigenvalue weighted by Gasteiger charge is -2.42. The number of nitrogens with zero attached hydrogens (tertiary/aromatic N) is 2. The van der Waals surface area contributed by atoms with Crippen molar-refractivity contribution in [3.05, 3.63) is 54.2 Å². The van der Waals surface area contributed by atoms with E-state index < -0.39 is 15.9 Å². The number of carbonyl (C=O) groups excluding carboxylic acids is 1. The Kier molecular flexibility index (Phi) is 4.71. The molecule has 2 aliphatic rings. The van der Waals surface area contributed by atoms with Crippen LogP contribution in [0.3, 0.4) is 0 Å². The molecule has 2 N–H and O–H groups in total. The number of sulfonamides is 1. The van der Waals surface area contributed by atoms with E-state index in [0.29, 0.717) is 38.3 Å². The van der Waals surface area contributed by atoms with E-state index in [2.05, 4.69) is 15.0 Å². The number of hydrogen-bond acceptors (Lipinski definition) is 5. The zero-order valence-corrected chi connectivity index (χ0v) is 15.7. The molecule has 1 saturated heterocycles. The van der Waals surface area contributed by atoms with Crippen molar-refractivity contribution in [1.29, 1.82) is 0 Å². The lowest BCUT2D eigenvalue weighted by molar-refractivity contribution is -0.132. The van der Waals surface area contributed by atoms with Crippen LogP contribution in [0.5, 0.6) is 0 Å². The van der Waals surface area contributed by atoms with Crippen LogP contribution < -0.4 is 10.0 Å². The molecule has 7 nitrogen and oxygen atoms in total. The molecule has 2 aromatic rings. The maximum atomic E-state index is 12.8. The SMILES string of the molecule is O=C(Cc1ccccc1)N1CCCC2(CNc3ncccc3[S+](=O)([O-])N2)C1. The van der Waals surface area contributed by atoms with Crippen LogP contribution in [0, 0.1) is 0 Å². The van der Waals surface area contributed by atoms with E-state index in [1.165, 1.54) is 6.07 Å². The van der Waals surface area contributed by atoms with Gasteiger partial charge in [0.1, 0.15) is 0 Å². The zero-order chi connectivity index (χ0) is 18.9. The number of piperidine rings is 1. The molecule has 0 radical (unpaired) electrons. The van der Waals surface area contributed by atoms with Crippen LogP contribution in [0.1, 0.15) is 18.4 Å². The maximum absolute atomic E-state index is 12.8. The number of pyridine rings is 1. The Morgan fingerprint density at radius 2 is 2.07 bits per heavy atom. The van der Waals surface area contributed by atoms with Gasteiger partial charge in [0, 0.05) is 31.9 Å². The van der Waals surface area contributed by atoms with E-state index in [1.807, 2.05) is 30.3 Å². The van der Waals surface area contributed by atoms with E-state index >= 15 is 0 Å². The molecule has 1 aromatic heterocycles. The van der Waals surface area contributed by atoms with Gasteiger partial charge in [-0.15, -0.1) is 4.72 Å². The number of rotatable bonds is 2. The Hall–Kier alpha value is -2.29. The van der Waals surface area contributed by atoms with Crippen molar-refractivity contribution in [2.45, 2.75) is 29.7 Å². The van der Waals surface area contributed by atoms with Crippen LogP contribution in [0.15, 0.2) is 53.6 Å². The average molecular weight is 386 g/mol. The molecule has 142 valence electrons. The molecule has 1 fully saturated rings. The standard InChI is InChI=1S/C19H22N4O3S/c24-17(12-15-6-2-1-3-7-15)23-11-5-9-19(14-23)13-21-18-16(8-4-10-20-18)27(25,26)22-19/h1-4,6-8,10H,5,9,11-14H2,(H2-,20,21,22,25,26). The second-order valence-electron chi connectivity index (χ2n) is 7.17. The molecule has 2 atom stereocenters. The number of nitrogens with one attached hydrogen (secondary N) is 2. The number of anilines is 1. The minimum atomic E-state index is -3.71. The molecule has 0 bridgehead atoms. The molecule has 27 heavy (non-hydrogen) atoms. The summed E-state index contributed by atoms with van der Waals surface area (Å²) in [6, 6.07) is 12.7. The first kappa shape index (κ1) is 18.1. The fourth-order valence-electron chi connectivity index (χ4n) is 3.82. The van der Waals surface area contributed by atoms with E-state index in [0.717, 1.165) is 12.0 Å². The normalized spacial score (nSPS) is 27.5. The monoisotopic (exact) mass is 386 g/mol.